The van der Waals surface area contributed by atoms with Crippen molar-refractivity contribution >= 4 is 19.9 Å². The van der Waals surface area contributed by atoms with Gasteiger partial charge in [-0.1, -0.05) is 32.9 Å². The van der Waals surface area contributed by atoms with Crippen LogP contribution in [0.4, 0.5) is 0 Å². The molecule has 5 heteroatoms. The van der Waals surface area contributed by atoms with Gasteiger partial charge < -0.3 is 9.16 Å². The lowest BCUT2D eigenvalue weighted by molar-refractivity contribution is -0.116. The van der Waals surface area contributed by atoms with E-state index >= 15 is 0 Å². The fraction of sp³-hybridized carbons (Fsp3) is 0.455. The first kappa shape index (κ1) is 21.2. The molecule has 1 aromatic carbocycles. The molecular formula is C22H30O4Si. The van der Waals surface area contributed by atoms with E-state index in [1.54, 1.807) is 6.92 Å². The lowest BCUT2D eigenvalue weighted by Crippen LogP contribution is -2.43. The van der Waals surface area contributed by atoms with Crippen molar-refractivity contribution in [3.05, 3.63) is 52.8 Å². The highest BCUT2D eigenvalue weighted by atomic mass is 28.4. The molecule has 4 nitrogen and oxygen atoms in total. The van der Waals surface area contributed by atoms with Gasteiger partial charge in [-0.05, 0) is 55.2 Å². The molecule has 0 N–H and O–H groups in total. The van der Waals surface area contributed by atoms with Crippen LogP contribution in [0.15, 0.2) is 47.2 Å². The Kier molecular flexibility index (Phi) is 6.15. The van der Waals surface area contributed by atoms with Crippen LogP contribution in [0.2, 0.25) is 18.1 Å². The largest absolute Gasteiger partial charge is 0.544 e. The monoisotopic (exact) mass is 386 g/mol. The van der Waals surface area contributed by atoms with Crippen molar-refractivity contribution in [2.45, 2.75) is 58.7 Å². The molecule has 2 rings (SSSR count). The molecule has 1 aromatic rings. The number of carbonyl (C=O) groups is 2. The molecule has 0 unspecified atom stereocenters. The summed E-state index contributed by atoms with van der Waals surface area (Å²) < 4.78 is 11.7. The second-order valence-electron chi connectivity index (χ2n) is 8.53. The zero-order valence-corrected chi connectivity index (χ0v) is 18.4. The van der Waals surface area contributed by atoms with Crippen LogP contribution in [-0.4, -0.2) is 27.0 Å². The summed E-state index contributed by atoms with van der Waals surface area (Å²) in [6, 6.07) is 8.05. The molecule has 0 amide bonds. The average Bonchev–Trinajstić information content (AvgIpc) is 2.82. The van der Waals surface area contributed by atoms with E-state index < -0.39 is 8.32 Å². The quantitative estimate of drug-likeness (QED) is 0.299. The number of carbonyl (C=O) groups excluding carboxylic acids is 2. The zero-order chi connectivity index (χ0) is 20.4. The van der Waals surface area contributed by atoms with Crippen LogP contribution in [0, 0.1) is 0 Å². The Bertz CT molecular complexity index is 793. The molecule has 0 fully saturated rings. The standard InChI is InChI=1S/C22H30O4Si/c1-15-14-18(23)20(21(15)24)19(25-5)13-10-16-8-11-17(12-9-16)26-27(6,7)22(2,3)4/h8-9,11-12,14H,10,13H2,1-7H3/b20-19+. The van der Waals surface area contributed by atoms with Crippen LogP contribution in [0.3, 0.4) is 0 Å². The topological polar surface area (TPSA) is 52.6 Å². The Morgan fingerprint density at radius 3 is 2.11 bits per heavy atom. The SMILES string of the molecule is CO/C(CCc1ccc(O[Si](C)(C)C(C)(C)C)cc1)=C1\C(=O)C=C(C)C1=O. The maximum Gasteiger partial charge on any atom is 0.250 e. The van der Waals surface area contributed by atoms with Gasteiger partial charge in [-0.15, -0.1) is 0 Å². The van der Waals surface area contributed by atoms with E-state index in [0.717, 1.165) is 11.3 Å². The maximum atomic E-state index is 12.1. The van der Waals surface area contributed by atoms with Crippen LogP contribution >= 0.6 is 0 Å². The third-order valence-corrected chi connectivity index (χ3v) is 9.81. The minimum Gasteiger partial charge on any atom is -0.544 e. The summed E-state index contributed by atoms with van der Waals surface area (Å²) in [5, 5.41) is 0.151. The number of rotatable bonds is 6. The number of allylic oxidation sites excluding steroid dienone is 4. The molecule has 1 aliphatic rings. The highest BCUT2D eigenvalue weighted by Crippen LogP contribution is 2.37. The summed E-state index contributed by atoms with van der Waals surface area (Å²) in [6.07, 6.45) is 2.57. The molecule has 0 radical (unpaired) electrons. The predicted octanol–water partition coefficient (Wildman–Crippen LogP) is 5.00. The average molecular weight is 387 g/mol. The number of methoxy groups -OCH3 is 1. The molecule has 0 saturated heterocycles. The predicted molar refractivity (Wildman–Crippen MR) is 110 cm³/mol. The van der Waals surface area contributed by atoms with E-state index in [1.165, 1.54) is 13.2 Å². The van der Waals surface area contributed by atoms with E-state index in [2.05, 4.69) is 33.9 Å². The summed E-state index contributed by atoms with van der Waals surface area (Å²) in [5.41, 5.74) is 1.75. The molecule has 27 heavy (non-hydrogen) atoms. The van der Waals surface area contributed by atoms with Crippen molar-refractivity contribution in [2.24, 2.45) is 0 Å². The molecule has 1 aliphatic carbocycles. The number of Topliss-reactive ketones (excluding diaryl/α,β-unsaturated/α-hetero) is 1. The number of ether oxygens (including phenoxy) is 1. The van der Waals surface area contributed by atoms with Gasteiger partial charge in [0.25, 0.3) is 0 Å². The molecule has 0 atom stereocenters. The van der Waals surface area contributed by atoms with Crippen LogP contribution in [0.5, 0.6) is 5.75 Å². The summed E-state index contributed by atoms with van der Waals surface area (Å²) in [6.45, 7) is 12.8. The third-order valence-electron chi connectivity index (χ3n) is 5.45. The van der Waals surface area contributed by atoms with Crippen molar-refractivity contribution in [3.8, 4) is 5.75 Å². The molecule has 0 heterocycles. The number of benzene rings is 1. The molecule has 0 bridgehead atoms. The maximum absolute atomic E-state index is 12.1. The first-order chi connectivity index (χ1) is 12.5. The van der Waals surface area contributed by atoms with E-state index in [1.807, 2.05) is 24.3 Å². The number of ketones is 2. The van der Waals surface area contributed by atoms with Crippen molar-refractivity contribution in [1.29, 1.82) is 0 Å². The highest BCUT2D eigenvalue weighted by Gasteiger charge is 2.38. The smallest absolute Gasteiger partial charge is 0.250 e. The van der Waals surface area contributed by atoms with Crippen molar-refractivity contribution in [1.82, 2.24) is 0 Å². The molecule has 0 aromatic heterocycles. The van der Waals surface area contributed by atoms with Crippen molar-refractivity contribution in [3.63, 3.8) is 0 Å². The van der Waals surface area contributed by atoms with Crippen molar-refractivity contribution in [2.75, 3.05) is 7.11 Å². The van der Waals surface area contributed by atoms with Gasteiger partial charge in [-0.25, -0.2) is 0 Å². The summed E-state index contributed by atoms with van der Waals surface area (Å²) in [7, 11) is -0.347. The van der Waals surface area contributed by atoms with Crippen LogP contribution in [0.25, 0.3) is 0 Å². The summed E-state index contributed by atoms with van der Waals surface area (Å²) >= 11 is 0. The van der Waals surface area contributed by atoms with E-state index in [4.69, 9.17) is 9.16 Å². The summed E-state index contributed by atoms with van der Waals surface area (Å²) in [5.74, 6) is 0.860. The number of hydrogen-bond acceptors (Lipinski definition) is 4. The fourth-order valence-electron chi connectivity index (χ4n) is 2.67. The van der Waals surface area contributed by atoms with Gasteiger partial charge in [0.2, 0.25) is 8.32 Å². The minimum atomic E-state index is -1.85. The number of aryl methyl sites for hydroxylation is 1. The molecule has 0 spiro atoms. The van der Waals surface area contributed by atoms with Gasteiger partial charge >= 0.3 is 0 Å². The van der Waals surface area contributed by atoms with Crippen LogP contribution in [-0.2, 0) is 20.7 Å². The van der Waals surface area contributed by atoms with E-state index in [-0.39, 0.29) is 22.2 Å². The highest BCUT2D eigenvalue weighted by molar-refractivity contribution is 6.74. The van der Waals surface area contributed by atoms with Crippen LogP contribution < -0.4 is 4.43 Å². The van der Waals surface area contributed by atoms with Crippen LogP contribution in [0.1, 0.15) is 39.7 Å². The molecule has 0 saturated carbocycles. The van der Waals surface area contributed by atoms with Gasteiger partial charge in [-0.2, -0.15) is 0 Å². The number of hydrogen-bond donors (Lipinski definition) is 0. The second-order valence-corrected chi connectivity index (χ2v) is 13.3. The lowest BCUT2D eigenvalue weighted by Gasteiger charge is -2.36. The molecular weight excluding hydrogens is 356 g/mol. The first-order valence-corrected chi connectivity index (χ1v) is 12.2. The van der Waals surface area contributed by atoms with Crippen molar-refractivity contribution < 1.29 is 18.8 Å². The Hall–Kier alpha value is -2.14. The lowest BCUT2D eigenvalue weighted by atomic mass is 10.0. The normalized spacial score (nSPS) is 17.1. The Balaban J connectivity index is 2.07. The molecule has 0 aliphatic heterocycles. The third kappa shape index (κ3) is 4.77. The summed E-state index contributed by atoms with van der Waals surface area (Å²) in [4.78, 5) is 24.2. The second kappa shape index (κ2) is 7.85. The van der Waals surface area contributed by atoms with E-state index in [0.29, 0.717) is 24.2 Å². The van der Waals surface area contributed by atoms with Gasteiger partial charge in [0.1, 0.15) is 17.1 Å². The molecule has 146 valence electrons. The zero-order valence-electron chi connectivity index (χ0n) is 17.4. The van der Waals surface area contributed by atoms with Gasteiger partial charge in [0.05, 0.1) is 7.11 Å². The Labute approximate surface area is 163 Å². The first-order valence-electron chi connectivity index (χ1n) is 9.28. The van der Waals surface area contributed by atoms with Gasteiger partial charge in [-0.3, -0.25) is 9.59 Å². The Morgan fingerprint density at radius 2 is 1.67 bits per heavy atom. The van der Waals surface area contributed by atoms with Gasteiger partial charge in [0.15, 0.2) is 11.6 Å². The Morgan fingerprint density at radius 1 is 1.07 bits per heavy atom. The minimum absolute atomic E-state index is 0.151. The van der Waals surface area contributed by atoms with Gasteiger partial charge in [0, 0.05) is 12.0 Å². The fourth-order valence-corrected chi connectivity index (χ4v) is 3.70. The van der Waals surface area contributed by atoms with E-state index in [9.17, 15) is 9.59 Å².